The third-order valence-electron chi connectivity index (χ3n) is 5.18. The van der Waals surface area contributed by atoms with Crippen molar-refractivity contribution in [3.05, 3.63) is 70.4 Å². The molecule has 2 aromatic carbocycles. The number of carbonyl (C=O) groups is 1. The molecule has 4 rings (SSSR count). The van der Waals surface area contributed by atoms with Crippen molar-refractivity contribution in [1.29, 1.82) is 0 Å². The third kappa shape index (κ3) is 4.38. The van der Waals surface area contributed by atoms with Crippen LogP contribution in [0.25, 0.3) is 11.0 Å². The lowest BCUT2D eigenvalue weighted by Crippen LogP contribution is -3.14. The highest BCUT2D eigenvalue weighted by atomic mass is 35.5. The maximum Gasteiger partial charge on any atom is 0.287 e. The van der Waals surface area contributed by atoms with E-state index in [0.29, 0.717) is 16.4 Å². The van der Waals surface area contributed by atoms with Crippen molar-refractivity contribution in [1.82, 2.24) is 5.32 Å². The number of carbonyl (C=O) groups excluding carboxylic acids is 1. The molecule has 0 saturated carbocycles. The number of hydrogen-bond acceptors (Lipinski definition) is 3. The fourth-order valence-corrected chi connectivity index (χ4v) is 3.74. The van der Waals surface area contributed by atoms with Gasteiger partial charge in [-0.25, -0.2) is 0 Å². The molecule has 2 heterocycles. The van der Waals surface area contributed by atoms with Gasteiger partial charge in [0.1, 0.15) is 31.3 Å². The van der Waals surface area contributed by atoms with E-state index in [-0.39, 0.29) is 11.9 Å². The highest BCUT2D eigenvalue weighted by Gasteiger charge is 2.24. The molecule has 1 aromatic heterocycles. The summed E-state index contributed by atoms with van der Waals surface area (Å²) in [6.45, 7) is 6.28. The van der Waals surface area contributed by atoms with Crippen LogP contribution in [0.4, 0.5) is 0 Å². The number of nitrogens with one attached hydrogen (secondary N) is 2. The van der Waals surface area contributed by atoms with Crippen LogP contribution in [0.15, 0.2) is 52.9 Å². The van der Waals surface area contributed by atoms with Crippen LogP contribution in [-0.4, -0.2) is 38.8 Å². The number of morpholine rings is 1. The summed E-state index contributed by atoms with van der Waals surface area (Å²) in [6.07, 6.45) is 0. The first-order valence-corrected chi connectivity index (χ1v) is 9.94. The van der Waals surface area contributed by atoms with Crippen LogP contribution in [0.5, 0.6) is 0 Å². The second-order valence-electron chi connectivity index (χ2n) is 7.30. The van der Waals surface area contributed by atoms with Gasteiger partial charge in [-0.15, -0.1) is 0 Å². The summed E-state index contributed by atoms with van der Waals surface area (Å²) in [6, 6.07) is 15.3. The van der Waals surface area contributed by atoms with Gasteiger partial charge in [0.05, 0.1) is 13.2 Å². The first-order chi connectivity index (χ1) is 13.6. The molecule has 1 amide bonds. The van der Waals surface area contributed by atoms with Crippen LogP contribution in [0, 0.1) is 6.92 Å². The minimum atomic E-state index is -0.217. The van der Waals surface area contributed by atoms with Crippen molar-refractivity contribution in [3.8, 4) is 0 Å². The van der Waals surface area contributed by atoms with Crippen molar-refractivity contribution in [2.45, 2.75) is 13.0 Å². The zero-order valence-corrected chi connectivity index (χ0v) is 16.6. The molecule has 1 atom stereocenters. The Balaban J connectivity index is 1.55. The minimum Gasteiger partial charge on any atom is -0.451 e. The Labute approximate surface area is 169 Å². The Morgan fingerprint density at radius 2 is 1.89 bits per heavy atom. The lowest BCUT2D eigenvalue weighted by Gasteiger charge is -2.28. The van der Waals surface area contributed by atoms with E-state index in [1.165, 1.54) is 10.5 Å². The number of furan rings is 1. The molecule has 1 aliphatic heterocycles. The highest BCUT2D eigenvalue weighted by molar-refractivity contribution is 6.31. The third-order valence-corrected chi connectivity index (χ3v) is 5.41. The monoisotopic (exact) mass is 399 g/mol. The van der Waals surface area contributed by atoms with Gasteiger partial charge in [-0.05, 0) is 36.8 Å². The van der Waals surface area contributed by atoms with Crippen molar-refractivity contribution < 1.29 is 18.8 Å². The van der Waals surface area contributed by atoms with Crippen LogP contribution >= 0.6 is 11.6 Å². The predicted molar refractivity (Wildman–Crippen MR) is 109 cm³/mol. The lowest BCUT2D eigenvalue weighted by molar-refractivity contribution is -0.909. The Bertz CT molecular complexity index is 962. The second kappa shape index (κ2) is 8.35. The smallest absolute Gasteiger partial charge is 0.287 e. The van der Waals surface area contributed by atoms with Crippen LogP contribution in [-0.2, 0) is 4.74 Å². The van der Waals surface area contributed by atoms with Crippen molar-refractivity contribution >= 4 is 28.5 Å². The number of amides is 1. The molecule has 5 nitrogen and oxygen atoms in total. The van der Waals surface area contributed by atoms with E-state index in [0.717, 1.165) is 43.8 Å². The normalized spacial score (nSPS) is 16.2. The quantitative estimate of drug-likeness (QED) is 0.693. The van der Waals surface area contributed by atoms with Gasteiger partial charge in [0, 0.05) is 10.4 Å². The molecule has 146 valence electrons. The van der Waals surface area contributed by atoms with Gasteiger partial charge >= 0.3 is 0 Å². The van der Waals surface area contributed by atoms with Crippen LogP contribution < -0.4 is 10.2 Å². The van der Waals surface area contributed by atoms with E-state index in [2.05, 4.69) is 36.5 Å². The Hall–Kier alpha value is -2.34. The largest absolute Gasteiger partial charge is 0.451 e. The van der Waals surface area contributed by atoms with Gasteiger partial charge < -0.3 is 19.4 Å². The summed E-state index contributed by atoms with van der Waals surface area (Å²) in [5, 5.41) is 4.61. The number of hydrogen-bond donors (Lipinski definition) is 2. The number of halogens is 1. The number of rotatable bonds is 5. The second-order valence-corrected chi connectivity index (χ2v) is 7.73. The number of quaternary nitrogens is 1. The average Bonchev–Trinajstić information content (AvgIpc) is 3.12. The summed E-state index contributed by atoms with van der Waals surface area (Å²) in [5.74, 6) is 0.0805. The van der Waals surface area contributed by atoms with Crippen LogP contribution in [0.2, 0.25) is 5.02 Å². The Kier molecular flexibility index (Phi) is 5.67. The first kappa shape index (κ1) is 19.0. The molecule has 0 radical (unpaired) electrons. The zero-order chi connectivity index (χ0) is 19.5. The summed E-state index contributed by atoms with van der Waals surface area (Å²) >= 11 is 6.04. The molecule has 3 aromatic rings. The van der Waals surface area contributed by atoms with E-state index in [9.17, 15) is 4.79 Å². The summed E-state index contributed by atoms with van der Waals surface area (Å²) in [7, 11) is 0. The molecule has 0 bridgehead atoms. The fraction of sp³-hybridized carbons (Fsp3) is 0.318. The van der Waals surface area contributed by atoms with Gasteiger partial charge in [0.25, 0.3) is 5.91 Å². The van der Waals surface area contributed by atoms with Crippen molar-refractivity contribution in [2.75, 3.05) is 32.8 Å². The van der Waals surface area contributed by atoms with E-state index < -0.39 is 0 Å². The van der Waals surface area contributed by atoms with E-state index >= 15 is 0 Å². The van der Waals surface area contributed by atoms with Gasteiger partial charge in [-0.3, -0.25) is 4.79 Å². The van der Waals surface area contributed by atoms with Crippen LogP contribution in [0.3, 0.4) is 0 Å². The van der Waals surface area contributed by atoms with Gasteiger partial charge in [0.2, 0.25) is 0 Å². The molecule has 1 aliphatic rings. The Morgan fingerprint density at radius 3 is 2.64 bits per heavy atom. The summed E-state index contributed by atoms with van der Waals surface area (Å²) in [5.41, 5.74) is 2.94. The number of aryl methyl sites for hydroxylation is 1. The molecule has 28 heavy (non-hydrogen) atoms. The number of fused-ring (bicyclic) bond motifs is 1. The van der Waals surface area contributed by atoms with E-state index in [1.807, 2.05) is 0 Å². The summed E-state index contributed by atoms with van der Waals surface area (Å²) in [4.78, 5) is 14.3. The molecular weight excluding hydrogens is 376 g/mol. The highest BCUT2D eigenvalue weighted by Crippen LogP contribution is 2.23. The number of ether oxygens (including phenoxy) is 1. The molecule has 1 saturated heterocycles. The molecule has 0 aliphatic carbocycles. The lowest BCUT2D eigenvalue weighted by atomic mass is 10.0. The fourth-order valence-electron chi connectivity index (χ4n) is 3.56. The topological polar surface area (TPSA) is 55.9 Å². The number of benzene rings is 2. The molecular formula is C22H24ClN2O3+. The predicted octanol–water partition coefficient (Wildman–Crippen LogP) is 2.78. The molecule has 2 N–H and O–H groups in total. The molecule has 1 fully saturated rings. The zero-order valence-electron chi connectivity index (χ0n) is 15.8. The van der Waals surface area contributed by atoms with Gasteiger partial charge in [-0.2, -0.15) is 0 Å². The summed E-state index contributed by atoms with van der Waals surface area (Å²) < 4.78 is 11.2. The molecule has 0 unspecified atom stereocenters. The minimum absolute atomic E-state index is 0.0991. The standard InChI is InChI=1S/C22H23ClN2O3/c1-15-2-4-16(5-3-15)19(14-25-8-10-27-11-9-25)24-22(26)21-13-17-12-18(23)6-7-20(17)28-21/h2-7,12-13,19H,8-11,14H2,1H3,(H,24,26)/p+1/t19-/m1/s1. The van der Waals surface area contributed by atoms with Crippen LogP contribution in [0.1, 0.15) is 27.7 Å². The van der Waals surface area contributed by atoms with E-state index in [4.69, 9.17) is 20.8 Å². The SMILES string of the molecule is Cc1ccc([C@@H](C[NH+]2CCOCC2)NC(=O)c2cc3cc(Cl)ccc3o2)cc1. The Morgan fingerprint density at radius 1 is 1.14 bits per heavy atom. The first-order valence-electron chi connectivity index (χ1n) is 9.56. The maximum absolute atomic E-state index is 12.9. The van der Waals surface area contributed by atoms with Crippen molar-refractivity contribution in [3.63, 3.8) is 0 Å². The molecule has 6 heteroatoms. The van der Waals surface area contributed by atoms with Crippen molar-refractivity contribution in [2.24, 2.45) is 0 Å². The average molecular weight is 400 g/mol. The maximum atomic E-state index is 12.9. The van der Waals surface area contributed by atoms with Gasteiger partial charge in [0.15, 0.2) is 5.76 Å². The van der Waals surface area contributed by atoms with E-state index in [1.54, 1.807) is 24.3 Å². The van der Waals surface area contributed by atoms with Gasteiger partial charge in [-0.1, -0.05) is 41.4 Å². The molecule has 0 spiro atoms.